The number of aliphatic hydroxyl groups is 1. The molecule has 0 aliphatic carbocycles. The number of likely N-dealkylation sites (tertiary alicyclic amines) is 1. The topological polar surface area (TPSA) is 263 Å². The summed E-state index contributed by atoms with van der Waals surface area (Å²) in [4.78, 5) is 82.6. The van der Waals surface area contributed by atoms with E-state index >= 15 is 0 Å². The number of carboxylic acid groups (broad SMARTS) is 1. The molecule has 10 N–H and O–H groups in total. The van der Waals surface area contributed by atoms with Crippen LogP contribution < -0.4 is 32.7 Å². The lowest BCUT2D eigenvalue weighted by Crippen LogP contribution is -2.57. The highest BCUT2D eigenvalue weighted by atomic mass is 16.4. The fraction of sp³-hybridized carbons (Fsp3) is 0.562. The van der Waals surface area contributed by atoms with Gasteiger partial charge in [0.05, 0.1) is 6.61 Å². The molecule has 178 valence electrons. The van der Waals surface area contributed by atoms with Gasteiger partial charge in [-0.05, 0) is 19.3 Å². The standard InChI is InChI=1S/C16H25N7O9/c17-11(27)8(6-24)19-12(28)7(3-4-10(25)26)20-15(31)21-13(29)9-2-1-5-23(9)16(32)22-14(18)30/h7-9,24H,1-6H2,(H2,17,27)(H,19,28)(H,25,26)(H3,18,22,30,32)(H2,20,21,29,31)/t7-,8-,9-/m0/s1. The van der Waals surface area contributed by atoms with Crippen LogP contribution in [0, 0.1) is 0 Å². The average molecular weight is 459 g/mol. The van der Waals surface area contributed by atoms with Gasteiger partial charge in [-0.2, -0.15) is 0 Å². The number of nitrogens with two attached hydrogens (primary N) is 2. The third-order valence-electron chi connectivity index (χ3n) is 4.39. The molecule has 16 heteroatoms. The van der Waals surface area contributed by atoms with Crippen LogP contribution in [-0.2, 0) is 19.2 Å². The van der Waals surface area contributed by atoms with Crippen LogP contribution in [0.1, 0.15) is 25.7 Å². The minimum atomic E-state index is -1.50. The lowest BCUT2D eigenvalue weighted by Gasteiger charge is -2.24. The van der Waals surface area contributed by atoms with Gasteiger partial charge >= 0.3 is 24.1 Å². The van der Waals surface area contributed by atoms with Crippen molar-refractivity contribution in [3.63, 3.8) is 0 Å². The molecule has 0 bridgehead atoms. The number of carboxylic acids is 1. The number of aliphatic hydroxyl groups excluding tert-OH is 1. The van der Waals surface area contributed by atoms with Crippen molar-refractivity contribution in [2.24, 2.45) is 11.5 Å². The Balaban J connectivity index is 2.79. The summed E-state index contributed by atoms with van der Waals surface area (Å²) in [5, 5.41) is 25.8. The summed E-state index contributed by atoms with van der Waals surface area (Å²) < 4.78 is 0. The molecule has 1 rings (SSSR count). The smallest absolute Gasteiger partial charge is 0.326 e. The molecule has 0 aromatic heterocycles. The van der Waals surface area contributed by atoms with Crippen LogP contribution in [0.5, 0.6) is 0 Å². The third kappa shape index (κ3) is 8.05. The first-order valence-corrected chi connectivity index (χ1v) is 9.37. The van der Waals surface area contributed by atoms with Crippen molar-refractivity contribution in [1.82, 2.24) is 26.2 Å². The van der Waals surface area contributed by atoms with Crippen molar-refractivity contribution in [1.29, 1.82) is 0 Å². The highest BCUT2D eigenvalue weighted by Gasteiger charge is 2.36. The molecule has 0 unspecified atom stereocenters. The van der Waals surface area contributed by atoms with Crippen LogP contribution in [0.4, 0.5) is 14.4 Å². The summed E-state index contributed by atoms with van der Waals surface area (Å²) in [7, 11) is 0. The van der Waals surface area contributed by atoms with Gasteiger partial charge in [0.15, 0.2) is 0 Å². The summed E-state index contributed by atoms with van der Waals surface area (Å²) in [5.74, 6) is -4.28. The van der Waals surface area contributed by atoms with Crippen LogP contribution in [0.25, 0.3) is 0 Å². The summed E-state index contributed by atoms with van der Waals surface area (Å²) in [6.07, 6.45) is -0.358. The molecule has 1 aliphatic rings. The van der Waals surface area contributed by atoms with E-state index in [-0.39, 0.29) is 13.0 Å². The SMILES string of the molecule is NC(=O)NC(=O)N1CCC[C@H]1C(=O)NC(=O)N[C@@H](CCC(=O)O)C(=O)N[C@@H](CO)C(N)=O. The van der Waals surface area contributed by atoms with Crippen LogP contribution in [-0.4, -0.2) is 88.2 Å². The monoisotopic (exact) mass is 459 g/mol. The van der Waals surface area contributed by atoms with Crippen molar-refractivity contribution in [2.75, 3.05) is 13.2 Å². The Hall–Kier alpha value is -3.95. The molecular formula is C16H25N7O9. The normalized spacial score (nSPS) is 16.9. The number of imide groups is 2. The number of nitrogens with zero attached hydrogens (tertiary/aromatic N) is 1. The van der Waals surface area contributed by atoms with Crippen molar-refractivity contribution in [2.45, 2.75) is 43.8 Å². The lowest BCUT2D eigenvalue weighted by atomic mass is 10.1. The van der Waals surface area contributed by atoms with E-state index in [1.54, 1.807) is 0 Å². The largest absolute Gasteiger partial charge is 0.481 e. The van der Waals surface area contributed by atoms with Gasteiger partial charge in [0, 0.05) is 13.0 Å². The number of primary amides is 2. The maximum absolute atomic E-state index is 12.4. The quantitative estimate of drug-likeness (QED) is 0.168. The zero-order chi connectivity index (χ0) is 24.4. The Morgan fingerprint density at radius 2 is 1.66 bits per heavy atom. The Bertz CT molecular complexity index is 788. The zero-order valence-corrected chi connectivity index (χ0v) is 16.8. The first kappa shape index (κ1) is 26.1. The highest BCUT2D eigenvalue weighted by Crippen LogP contribution is 2.17. The minimum Gasteiger partial charge on any atom is -0.481 e. The number of carbonyl (C=O) groups is 7. The van der Waals surface area contributed by atoms with E-state index in [1.807, 2.05) is 10.6 Å². The van der Waals surface area contributed by atoms with Gasteiger partial charge in [0.2, 0.25) is 11.8 Å². The van der Waals surface area contributed by atoms with Gasteiger partial charge in [-0.25, -0.2) is 14.4 Å². The summed E-state index contributed by atoms with van der Waals surface area (Å²) >= 11 is 0. The number of amides is 9. The highest BCUT2D eigenvalue weighted by molar-refractivity contribution is 6.01. The minimum absolute atomic E-state index is 0.123. The van der Waals surface area contributed by atoms with E-state index in [4.69, 9.17) is 21.7 Å². The van der Waals surface area contributed by atoms with Gasteiger partial charge in [-0.1, -0.05) is 0 Å². The number of hydrogen-bond acceptors (Lipinski definition) is 8. The van der Waals surface area contributed by atoms with Gasteiger partial charge in [-0.15, -0.1) is 0 Å². The first-order valence-electron chi connectivity index (χ1n) is 9.37. The van der Waals surface area contributed by atoms with Crippen LogP contribution in [0.2, 0.25) is 0 Å². The zero-order valence-electron chi connectivity index (χ0n) is 16.8. The van der Waals surface area contributed by atoms with Crippen molar-refractivity contribution in [3.8, 4) is 0 Å². The molecule has 1 aliphatic heterocycles. The van der Waals surface area contributed by atoms with Crippen LogP contribution in [0.15, 0.2) is 0 Å². The van der Waals surface area contributed by atoms with E-state index in [1.165, 1.54) is 0 Å². The molecule has 32 heavy (non-hydrogen) atoms. The van der Waals surface area contributed by atoms with Crippen LogP contribution in [0.3, 0.4) is 0 Å². The molecule has 1 heterocycles. The number of aliphatic carboxylic acids is 1. The second kappa shape index (κ2) is 12.0. The predicted molar refractivity (Wildman–Crippen MR) is 103 cm³/mol. The van der Waals surface area contributed by atoms with E-state index in [0.29, 0.717) is 6.42 Å². The molecule has 0 aromatic carbocycles. The number of carbonyl (C=O) groups excluding carboxylic acids is 6. The molecule has 0 aromatic rings. The molecule has 1 saturated heterocycles. The van der Waals surface area contributed by atoms with E-state index in [2.05, 4.69) is 10.6 Å². The van der Waals surface area contributed by atoms with Crippen molar-refractivity contribution < 1.29 is 43.8 Å². The third-order valence-corrected chi connectivity index (χ3v) is 4.39. The first-order chi connectivity index (χ1) is 15.0. The second-order valence-electron chi connectivity index (χ2n) is 6.74. The second-order valence-corrected chi connectivity index (χ2v) is 6.74. The molecule has 3 atom stereocenters. The maximum atomic E-state index is 12.4. The molecule has 0 spiro atoms. The number of hydrogen-bond donors (Lipinski definition) is 8. The summed E-state index contributed by atoms with van der Waals surface area (Å²) in [6, 6.07) is -7.29. The number of nitrogens with one attached hydrogen (secondary N) is 4. The molecule has 0 saturated carbocycles. The van der Waals surface area contributed by atoms with E-state index < -0.39 is 79.4 Å². The maximum Gasteiger partial charge on any atom is 0.326 e. The number of urea groups is 3. The summed E-state index contributed by atoms with van der Waals surface area (Å²) in [6.45, 7) is -0.708. The Morgan fingerprint density at radius 3 is 2.19 bits per heavy atom. The molecule has 9 amide bonds. The van der Waals surface area contributed by atoms with Gasteiger partial charge < -0.3 is 37.2 Å². The molecule has 0 radical (unpaired) electrons. The molecule has 1 fully saturated rings. The molecule has 16 nitrogen and oxygen atoms in total. The predicted octanol–water partition coefficient (Wildman–Crippen LogP) is -3.74. The summed E-state index contributed by atoms with van der Waals surface area (Å²) in [5.41, 5.74) is 9.88. The van der Waals surface area contributed by atoms with Crippen LogP contribution >= 0.6 is 0 Å². The van der Waals surface area contributed by atoms with Crippen molar-refractivity contribution in [3.05, 3.63) is 0 Å². The van der Waals surface area contributed by atoms with Gasteiger partial charge in [0.1, 0.15) is 18.1 Å². The molecular weight excluding hydrogens is 434 g/mol. The Kier molecular flexibility index (Phi) is 9.81. The fourth-order valence-electron chi connectivity index (χ4n) is 2.86. The number of rotatable bonds is 9. The van der Waals surface area contributed by atoms with E-state index in [0.717, 1.165) is 4.90 Å². The lowest BCUT2D eigenvalue weighted by molar-refractivity contribution is -0.137. The fourth-order valence-corrected chi connectivity index (χ4v) is 2.86. The van der Waals surface area contributed by atoms with E-state index in [9.17, 15) is 33.6 Å². The Labute approximate surface area is 181 Å². The average Bonchev–Trinajstić information content (AvgIpc) is 3.18. The Morgan fingerprint density at radius 1 is 1.00 bits per heavy atom. The van der Waals surface area contributed by atoms with Gasteiger partial charge in [-0.3, -0.25) is 29.8 Å². The van der Waals surface area contributed by atoms with Gasteiger partial charge in [0.25, 0.3) is 5.91 Å². The van der Waals surface area contributed by atoms with Crippen molar-refractivity contribution >= 4 is 41.8 Å².